The van der Waals surface area contributed by atoms with Gasteiger partial charge in [-0.3, -0.25) is 9.59 Å². The van der Waals surface area contributed by atoms with Gasteiger partial charge in [0, 0.05) is 19.2 Å². The largest absolute Gasteiger partial charge is 0.497 e. The molecule has 0 saturated carbocycles. The second-order valence-electron chi connectivity index (χ2n) is 5.70. The maximum absolute atomic E-state index is 12.5. The van der Waals surface area contributed by atoms with Crippen LogP contribution in [-0.2, 0) is 20.9 Å². The molecular weight excluding hydrogens is 314 g/mol. The van der Waals surface area contributed by atoms with Gasteiger partial charge in [0.05, 0.1) is 26.7 Å². The van der Waals surface area contributed by atoms with Gasteiger partial charge in [-0.05, 0) is 30.5 Å². The van der Waals surface area contributed by atoms with E-state index in [1.165, 1.54) is 19.1 Å². The first-order valence-corrected chi connectivity index (χ1v) is 7.85. The van der Waals surface area contributed by atoms with E-state index in [2.05, 4.69) is 0 Å². The van der Waals surface area contributed by atoms with E-state index in [1.807, 2.05) is 0 Å². The topological polar surface area (TPSA) is 85.3 Å². The summed E-state index contributed by atoms with van der Waals surface area (Å²) in [6.45, 7) is 0.473. The van der Waals surface area contributed by atoms with E-state index < -0.39 is 5.97 Å². The Kier molecular flexibility index (Phi) is 6.43. The summed E-state index contributed by atoms with van der Waals surface area (Å²) in [5, 5.41) is 9.10. The number of ether oxygens (including phenoxy) is 3. The molecule has 1 aliphatic rings. The Hall–Kier alpha value is -2.28. The van der Waals surface area contributed by atoms with E-state index in [-0.39, 0.29) is 31.5 Å². The van der Waals surface area contributed by atoms with Gasteiger partial charge in [-0.15, -0.1) is 0 Å². The Labute approximate surface area is 141 Å². The Morgan fingerprint density at radius 1 is 1.25 bits per heavy atom. The van der Waals surface area contributed by atoms with Crippen LogP contribution in [0.3, 0.4) is 0 Å². The molecule has 1 aliphatic heterocycles. The van der Waals surface area contributed by atoms with Crippen molar-refractivity contribution < 1.29 is 28.9 Å². The molecule has 132 valence electrons. The maximum atomic E-state index is 12.5. The predicted molar refractivity (Wildman–Crippen MR) is 86.2 cm³/mol. The van der Waals surface area contributed by atoms with Gasteiger partial charge in [-0.2, -0.15) is 0 Å². The van der Waals surface area contributed by atoms with Gasteiger partial charge in [0.25, 0.3) is 0 Å². The van der Waals surface area contributed by atoms with Crippen LogP contribution < -0.4 is 9.47 Å². The normalized spacial score (nSPS) is 16.7. The third kappa shape index (κ3) is 5.13. The van der Waals surface area contributed by atoms with Crippen molar-refractivity contribution in [3.05, 3.63) is 23.8 Å². The van der Waals surface area contributed by atoms with Crippen molar-refractivity contribution in [2.75, 3.05) is 27.4 Å². The van der Waals surface area contributed by atoms with E-state index in [4.69, 9.17) is 19.3 Å². The Balaban J connectivity index is 2.12. The summed E-state index contributed by atoms with van der Waals surface area (Å²) in [7, 11) is 3.08. The lowest BCUT2D eigenvalue weighted by molar-refractivity contribution is -0.145. The molecule has 1 unspecified atom stereocenters. The van der Waals surface area contributed by atoms with Gasteiger partial charge in [0.15, 0.2) is 0 Å². The summed E-state index contributed by atoms with van der Waals surface area (Å²) in [5.41, 5.74) is 0.744. The molecule has 1 aromatic rings. The summed E-state index contributed by atoms with van der Waals surface area (Å²) >= 11 is 0. The summed E-state index contributed by atoms with van der Waals surface area (Å²) in [6, 6.07) is 5.24. The number of nitrogens with zero attached hydrogens (tertiary/aromatic N) is 1. The summed E-state index contributed by atoms with van der Waals surface area (Å²) in [6.07, 6.45) is 1.85. The molecule has 7 nitrogen and oxygen atoms in total. The highest BCUT2D eigenvalue weighted by atomic mass is 16.5. The fourth-order valence-corrected chi connectivity index (χ4v) is 2.70. The zero-order valence-electron chi connectivity index (χ0n) is 14.0. The Morgan fingerprint density at radius 2 is 1.92 bits per heavy atom. The minimum Gasteiger partial charge on any atom is -0.497 e. The number of aliphatic carboxylic acids is 1. The molecule has 2 rings (SSSR count). The van der Waals surface area contributed by atoms with Gasteiger partial charge in [-0.25, -0.2) is 0 Å². The highest BCUT2D eigenvalue weighted by Crippen LogP contribution is 2.24. The fraction of sp³-hybridized carbons (Fsp3) is 0.529. The molecule has 0 bridgehead atoms. The van der Waals surface area contributed by atoms with E-state index in [0.717, 1.165) is 18.4 Å². The number of carboxylic acids is 1. The number of amides is 1. The second kappa shape index (κ2) is 8.54. The predicted octanol–water partition coefficient (Wildman–Crippen LogP) is 1.69. The molecule has 0 aliphatic carbocycles. The lowest BCUT2D eigenvalue weighted by Gasteiger charge is -2.23. The third-order valence-corrected chi connectivity index (χ3v) is 3.89. The third-order valence-electron chi connectivity index (χ3n) is 3.89. The fourth-order valence-electron chi connectivity index (χ4n) is 2.70. The van der Waals surface area contributed by atoms with Crippen LogP contribution in [0.4, 0.5) is 0 Å². The van der Waals surface area contributed by atoms with Crippen LogP contribution in [0.15, 0.2) is 18.2 Å². The van der Waals surface area contributed by atoms with Crippen molar-refractivity contribution in [2.45, 2.75) is 31.9 Å². The quantitative estimate of drug-likeness (QED) is 0.777. The van der Waals surface area contributed by atoms with Crippen molar-refractivity contribution in [3.63, 3.8) is 0 Å². The number of rotatable bonds is 8. The van der Waals surface area contributed by atoms with Crippen LogP contribution in [0.2, 0.25) is 0 Å². The minimum atomic E-state index is -1.05. The molecule has 0 aromatic heterocycles. The second-order valence-corrected chi connectivity index (χ2v) is 5.70. The van der Waals surface area contributed by atoms with Gasteiger partial charge >= 0.3 is 5.97 Å². The van der Waals surface area contributed by atoms with E-state index in [9.17, 15) is 9.59 Å². The first-order chi connectivity index (χ1) is 11.5. The highest BCUT2D eigenvalue weighted by molar-refractivity contribution is 5.81. The van der Waals surface area contributed by atoms with Crippen molar-refractivity contribution >= 4 is 11.9 Å². The maximum Gasteiger partial charge on any atom is 0.323 e. The van der Waals surface area contributed by atoms with Crippen molar-refractivity contribution in [3.8, 4) is 11.5 Å². The number of carbonyl (C=O) groups excluding carboxylic acids is 1. The zero-order valence-corrected chi connectivity index (χ0v) is 14.0. The standard InChI is InChI=1S/C17H23NO6/c1-22-14-6-12(7-15(8-14)23-2)10-18(11-17(20)21)16(19)9-13-4-3-5-24-13/h6-8,13H,3-5,9-11H2,1-2H3,(H,20,21). The van der Waals surface area contributed by atoms with Gasteiger partial charge < -0.3 is 24.2 Å². The molecule has 1 heterocycles. The van der Waals surface area contributed by atoms with E-state index in [1.54, 1.807) is 18.2 Å². The van der Waals surface area contributed by atoms with Crippen LogP contribution in [0.5, 0.6) is 11.5 Å². The number of hydrogen-bond acceptors (Lipinski definition) is 5. The highest BCUT2D eigenvalue weighted by Gasteiger charge is 2.24. The Morgan fingerprint density at radius 3 is 2.42 bits per heavy atom. The van der Waals surface area contributed by atoms with Crippen LogP contribution >= 0.6 is 0 Å². The number of benzene rings is 1. The summed E-state index contributed by atoms with van der Waals surface area (Å²) in [4.78, 5) is 24.9. The molecule has 0 radical (unpaired) electrons. The molecule has 1 atom stereocenters. The molecule has 1 aromatic carbocycles. The van der Waals surface area contributed by atoms with Gasteiger partial charge in [0.2, 0.25) is 5.91 Å². The molecule has 1 N–H and O–H groups in total. The SMILES string of the molecule is COc1cc(CN(CC(=O)O)C(=O)CC2CCCO2)cc(OC)c1. The van der Waals surface area contributed by atoms with Crippen molar-refractivity contribution in [1.29, 1.82) is 0 Å². The van der Waals surface area contributed by atoms with E-state index in [0.29, 0.717) is 18.1 Å². The monoisotopic (exact) mass is 337 g/mol. The summed E-state index contributed by atoms with van der Waals surface area (Å²) < 4.78 is 15.9. The average Bonchev–Trinajstić information content (AvgIpc) is 3.06. The molecule has 0 spiro atoms. The molecule has 1 saturated heterocycles. The van der Waals surface area contributed by atoms with Crippen LogP contribution in [-0.4, -0.2) is 55.4 Å². The Bertz CT molecular complexity index is 560. The summed E-state index contributed by atoms with van der Waals surface area (Å²) in [5.74, 6) is -0.103. The van der Waals surface area contributed by atoms with Crippen LogP contribution in [0.25, 0.3) is 0 Å². The van der Waals surface area contributed by atoms with Gasteiger partial charge in [-0.1, -0.05) is 0 Å². The molecule has 24 heavy (non-hydrogen) atoms. The van der Waals surface area contributed by atoms with Crippen LogP contribution in [0, 0.1) is 0 Å². The van der Waals surface area contributed by atoms with Crippen LogP contribution in [0.1, 0.15) is 24.8 Å². The number of hydrogen-bond donors (Lipinski definition) is 1. The number of carbonyl (C=O) groups is 2. The van der Waals surface area contributed by atoms with Gasteiger partial charge in [0.1, 0.15) is 18.0 Å². The number of carboxylic acid groups (broad SMARTS) is 1. The van der Waals surface area contributed by atoms with Crippen molar-refractivity contribution in [2.24, 2.45) is 0 Å². The minimum absolute atomic E-state index is 0.117. The van der Waals surface area contributed by atoms with Crippen molar-refractivity contribution in [1.82, 2.24) is 4.90 Å². The first-order valence-electron chi connectivity index (χ1n) is 7.85. The zero-order chi connectivity index (χ0) is 17.5. The van der Waals surface area contributed by atoms with E-state index >= 15 is 0 Å². The lowest BCUT2D eigenvalue weighted by Crippen LogP contribution is -2.36. The first kappa shape index (κ1) is 18.1. The molecule has 1 fully saturated rings. The number of methoxy groups -OCH3 is 2. The lowest BCUT2D eigenvalue weighted by atomic mass is 10.1. The average molecular weight is 337 g/mol. The molecular formula is C17H23NO6. The molecule has 7 heteroatoms. The molecule has 1 amide bonds. The smallest absolute Gasteiger partial charge is 0.323 e.